The summed E-state index contributed by atoms with van der Waals surface area (Å²) in [5, 5.41) is 2.76. The number of aromatic nitrogens is 1. The minimum absolute atomic E-state index is 0.00620. The first-order chi connectivity index (χ1) is 8.16. The molecule has 0 aliphatic carbocycles. The number of nitrogens with zero attached hydrogens (tertiary/aromatic N) is 1. The summed E-state index contributed by atoms with van der Waals surface area (Å²) in [6, 6.07) is 1.35. The lowest BCUT2D eigenvalue weighted by atomic mass is 10.1. The third kappa shape index (κ3) is 3.09. The van der Waals surface area contributed by atoms with Crippen molar-refractivity contribution in [3.05, 3.63) is 29.8 Å². The fraction of sp³-hybridized carbons (Fsp3) is 0.455. The molecule has 0 aromatic carbocycles. The number of hydrogen-bond acceptors (Lipinski definition) is 3. The van der Waals surface area contributed by atoms with Crippen molar-refractivity contribution in [3.63, 3.8) is 0 Å². The van der Waals surface area contributed by atoms with Gasteiger partial charge in [0.2, 0.25) is 0 Å². The first kappa shape index (κ1) is 12.2. The molecular formula is C11H13FN2O2S. The number of amides is 1. The SMILES string of the molecule is O=C(NC1CCS(=O)CC1)c1ccncc1F. The van der Waals surface area contributed by atoms with E-state index in [4.69, 9.17) is 0 Å². The Balaban J connectivity index is 1.98. The molecule has 1 aromatic heterocycles. The molecule has 0 atom stereocenters. The highest BCUT2D eigenvalue weighted by molar-refractivity contribution is 7.85. The predicted molar refractivity (Wildman–Crippen MR) is 62.6 cm³/mol. The summed E-state index contributed by atoms with van der Waals surface area (Å²) in [6.07, 6.45) is 3.77. The lowest BCUT2D eigenvalue weighted by Gasteiger charge is -2.22. The lowest BCUT2D eigenvalue weighted by molar-refractivity contribution is 0.0930. The van der Waals surface area contributed by atoms with Gasteiger partial charge in [0.05, 0.1) is 11.8 Å². The summed E-state index contributed by atoms with van der Waals surface area (Å²) in [7, 11) is -0.760. The van der Waals surface area contributed by atoms with Gasteiger partial charge in [-0.15, -0.1) is 0 Å². The largest absolute Gasteiger partial charge is 0.349 e. The van der Waals surface area contributed by atoms with E-state index in [1.165, 1.54) is 12.3 Å². The number of pyridine rings is 1. The lowest BCUT2D eigenvalue weighted by Crippen LogP contribution is -2.39. The molecule has 0 unspecified atom stereocenters. The second kappa shape index (κ2) is 5.35. The van der Waals surface area contributed by atoms with Crippen molar-refractivity contribution in [2.45, 2.75) is 18.9 Å². The molecular weight excluding hydrogens is 243 g/mol. The Kier molecular flexibility index (Phi) is 3.83. The summed E-state index contributed by atoms with van der Waals surface area (Å²) in [5.41, 5.74) is 0.00620. The topological polar surface area (TPSA) is 59.1 Å². The van der Waals surface area contributed by atoms with Gasteiger partial charge in [-0.3, -0.25) is 14.0 Å². The van der Waals surface area contributed by atoms with E-state index in [1.807, 2.05) is 0 Å². The molecule has 92 valence electrons. The fourth-order valence-corrected chi connectivity index (χ4v) is 3.06. The summed E-state index contributed by atoms with van der Waals surface area (Å²) >= 11 is 0. The molecule has 6 heteroatoms. The van der Waals surface area contributed by atoms with E-state index in [0.29, 0.717) is 24.3 Å². The maximum atomic E-state index is 13.3. The maximum Gasteiger partial charge on any atom is 0.254 e. The Morgan fingerprint density at radius 2 is 2.18 bits per heavy atom. The molecule has 17 heavy (non-hydrogen) atoms. The smallest absolute Gasteiger partial charge is 0.254 e. The highest BCUT2D eigenvalue weighted by Gasteiger charge is 2.21. The van der Waals surface area contributed by atoms with Gasteiger partial charge in [-0.05, 0) is 18.9 Å². The summed E-state index contributed by atoms with van der Waals surface area (Å²) in [5.74, 6) is 0.153. The molecule has 1 N–H and O–H groups in total. The Bertz CT molecular complexity index is 443. The van der Waals surface area contributed by atoms with Crippen LogP contribution >= 0.6 is 0 Å². The number of carbonyl (C=O) groups excluding carboxylic acids is 1. The Morgan fingerprint density at radius 3 is 2.82 bits per heavy atom. The zero-order valence-corrected chi connectivity index (χ0v) is 10.0. The molecule has 1 aromatic rings. The normalized spacial score (nSPS) is 24.3. The average molecular weight is 256 g/mol. The highest BCUT2D eigenvalue weighted by atomic mass is 32.2. The predicted octanol–water partition coefficient (Wildman–Crippen LogP) is 0.862. The van der Waals surface area contributed by atoms with E-state index in [-0.39, 0.29) is 11.6 Å². The quantitative estimate of drug-likeness (QED) is 0.854. The molecule has 1 amide bonds. The van der Waals surface area contributed by atoms with Crippen molar-refractivity contribution >= 4 is 16.7 Å². The molecule has 4 nitrogen and oxygen atoms in total. The molecule has 1 aliphatic heterocycles. The minimum Gasteiger partial charge on any atom is -0.349 e. The van der Waals surface area contributed by atoms with Crippen LogP contribution < -0.4 is 5.32 Å². The molecule has 1 aliphatic rings. The minimum atomic E-state index is -0.760. The van der Waals surface area contributed by atoms with Crippen molar-refractivity contribution in [1.29, 1.82) is 0 Å². The Morgan fingerprint density at radius 1 is 1.47 bits per heavy atom. The maximum absolute atomic E-state index is 13.3. The average Bonchev–Trinajstić information content (AvgIpc) is 2.32. The second-order valence-electron chi connectivity index (χ2n) is 3.95. The number of carbonyl (C=O) groups is 1. The number of hydrogen-bond donors (Lipinski definition) is 1. The van der Waals surface area contributed by atoms with Crippen LogP contribution in [0, 0.1) is 5.82 Å². The van der Waals surface area contributed by atoms with Gasteiger partial charge in [-0.1, -0.05) is 0 Å². The van der Waals surface area contributed by atoms with Gasteiger partial charge in [-0.2, -0.15) is 0 Å². The monoisotopic (exact) mass is 256 g/mol. The van der Waals surface area contributed by atoms with Crippen LogP contribution in [0.25, 0.3) is 0 Å². The molecule has 0 saturated carbocycles. The van der Waals surface area contributed by atoms with Crippen LogP contribution in [-0.4, -0.2) is 32.6 Å². The first-order valence-electron chi connectivity index (χ1n) is 5.42. The zero-order chi connectivity index (χ0) is 12.3. The third-order valence-electron chi connectivity index (χ3n) is 2.74. The number of halogens is 1. The van der Waals surface area contributed by atoms with E-state index >= 15 is 0 Å². The van der Waals surface area contributed by atoms with Crippen LogP contribution in [0.5, 0.6) is 0 Å². The summed E-state index contributed by atoms with van der Waals surface area (Å²) < 4.78 is 24.4. The van der Waals surface area contributed by atoms with Gasteiger partial charge >= 0.3 is 0 Å². The number of nitrogens with one attached hydrogen (secondary N) is 1. The van der Waals surface area contributed by atoms with E-state index in [2.05, 4.69) is 10.3 Å². The van der Waals surface area contributed by atoms with Crippen LogP contribution in [-0.2, 0) is 10.8 Å². The molecule has 0 radical (unpaired) electrons. The molecule has 1 fully saturated rings. The van der Waals surface area contributed by atoms with E-state index in [9.17, 15) is 13.4 Å². The zero-order valence-electron chi connectivity index (χ0n) is 9.19. The Hall–Kier alpha value is -1.30. The van der Waals surface area contributed by atoms with Crippen molar-refractivity contribution in [2.75, 3.05) is 11.5 Å². The number of rotatable bonds is 2. The van der Waals surface area contributed by atoms with Gasteiger partial charge in [0.1, 0.15) is 0 Å². The standard InChI is InChI=1S/C11H13FN2O2S/c12-10-7-13-4-1-9(10)11(15)14-8-2-5-17(16)6-3-8/h1,4,7-8H,2-3,5-6H2,(H,14,15). The van der Waals surface area contributed by atoms with Gasteiger partial charge in [-0.25, -0.2) is 4.39 Å². The molecule has 0 spiro atoms. The summed E-state index contributed by atoms with van der Waals surface area (Å²) in [4.78, 5) is 15.3. The van der Waals surface area contributed by atoms with Crippen LogP contribution in [0.3, 0.4) is 0 Å². The van der Waals surface area contributed by atoms with Crippen LogP contribution in [0.1, 0.15) is 23.2 Å². The fourth-order valence-electron chi connectivity index (χ4n) is 1.76. The van der Waals surface area contributed by atoms with E-state index < -0.39 is 22.5 Å². The van der Waals surface area contributed by atoms with Crippen LogP contribution in [0.15, 0.2) is 18.5 Å². The molecule has 1 saturated heterocycles. The van der Waals surface area contributed by atoms with Gasteiger partial charge in [0, 0.05) is 34.5 Å². The van der Waals surface area contributed by atoms with Crippen LogP contribution in [0.4, 0.5) is 4.39 Å². The highest BCUT2D eigenvalue weighted by Crippen LogP contribution is 2.11. The van der Waals surface area contributed by atoms with Crippen LogP contribution in [0.2, 0.25) is 0 Å². The second-order valence-corrected chi connectivity index (χ2v) is 5.65. The van der Waals surface area contributed by atoms with Gasteiger partial charge in [0.25, 0.3) is 5.91 Å². The molecule has 0 bridgehead atoms. The van der Waals surface area contributed by atoms with Crippen molar-refractivity contribution in [2.24, 2.45) is 0 Å². The Labute approximate surface area is 101 Å². The third-order valence-corrected chi connectivity index (χ3v) is 4.12. The molecule has 2 heterocycles. The summed E-state index contributed by atoms with van der Waals surface area (Å²) in [6.45, 7) is 0. The van der Waals surface area contributed by atoms with Crippen molar-refractivity contribution in [1.82, 2.24) is 10.3 Å². The van der Waals surface area contributed by atoms with E-state index in [0.717, 1.165) is 6.20 Å². The van der Waals surface area contributed by atoms with Crippen molar-refractivity contribution in [3.8, 4) is 0 Å². The molecule has 2 rings (SSSR count). The van der Waals surface area contributed by atoms with E-state index in [1.54, 1.807) is 0 Å². The van der Waals surface area contributed by atoms with Crippen molar-refractivity contribution < 1.29 is 13.4 Å². The first-order valence-corrected chi connectivity index (χ1v) is 6.91. The van der Waals surface area contributed by atoms with Gasteiger partial charge in [0.15, 0.2) is 5.82 Å². The van der Waals surface area contributed by atoms with Gasteiger partial charge < -0.3 is 5.32 Å².